The first-order valence-corrected chi connectivity index (χ1v) is 4.89. The number of hydrogen-bond donors (Lipinski definition) is 1. The standard InChI is InChI=1S/C12H10N2O.Rb/c15-12-11(14-7-3-4-8-14)9-5-1-2-6-10(9)13-12;/h1-3,5-8,15H,4H2;/q;+1. The zero-order valence-corrected chi connectivity index (χ0v) is 14.0. The first-order valence-electron chi connectivity index (χ1n) is 4.89. The molecule has 0 bridgehead atoms. The summed E-state index contributed by atoms with van der Waals surface area (Å²) in [6.45, 7) is 0. The molecule has 1 aliphatic heterocycles. The van der Waals surface area contributed by atoms with E-state index in [2.05, 4.69) is 4.98 Å². The summed E-state index contributed by atoms with van der Waals surface area (Å²) in [7, 11) is 0. The van der Waals surface area contributed by atoms with Crippen LogP contribution in [0.2, 0.25) is 0 Å². The number of hydrogen-bond acceptors (Lipinski definition) is 1. The van der Waals surface area contributed by atoms with Crippen LogP contribution in [-0.2, 0) is 0 Å². The van der Waals surface area contributed by atoms with Crippen LogP contribution < -0.4 is 63.2 Å². The molecule has 0 aliphatic carbocycles. The van der Waals surface area contributed by atoms with Gasteiger partial charge in [-0.25, -0.2) is 0 Å². The van der Waals surface area contributed by atoms with Crippen molar-refractivity contribution in [2.75, 3.05) is 0 Å². The molecule has 0 atom stereocenters. The van der Waals surface area contributed by atoms with Gasteiger partial charge in [0.25, 0.3) is 0 Å². The van der Waals surface area contributed by atoms with E-state index in [1.165, 1.54) is 0 Å². The fraction of sp³-hybridized carbons (Fsp3) is 0.0833. The maximum Gasteiger partial charge on any atom is 1.00 e. The fourth-order valence-corrected chi connectivity index (χ4v) is 1.89. The monoisotopic (exact) mass is 283 g/mol. The quantitative estimate of drug-likeness (QED) is 0.692. The van der Waals surface area contributed by atoms with Crippen molar-refractivity contribution in [3.05, 3.63) is 36.5 Å². The molecule has 16 heavy (non-hydrogen) atoms. The average Bonchev–Trinajstić information content (AvgIpc) is 2.82. The van der Waals surface area contributed by atoms with Gasteiger partial charge in [0.05, 0.1) is 5.88 Å². The Labute approximate surface area is 142 Å². The minimum atomic E-state index is 0. The molecule has 1 aromatic heterocycles. The summed E-state index contributed by atoms with van der Waals surface area (Å²) in [5, 5.41) is 10.8. The van der Waals surface area contributed by atoms with Crippen LogP contribution in [0.25, 0.3) is 10.9 Å². The van der Waals surface area contributed by atoms with Gasteiger partial charge < -0.3 is 10.1 Å². The summed E-state index contributed by atoms with van der Waals surface area (Å²) in [6.07, 6.45) is 6.91. The van der Waals surface area contributed by atoms with E-state index in [1.807, 2.05) is 47.3 Å². The maximum atomic E-state index is 9.79. The molecule has 1 N–H and O–H groups in total. The molecule has 3 nitrogen and oxygen atoms in total. The summed E-state index contributed by atoms with van der Waals surface area (Å²) in [5.41, 5.74) is 1.61. The number of aromatic nitrogens is 1. The molecule has 3 rings (SSSR count). The van der Waals surface area contributed by atoms with Gasteiger partial charge in [0.15, 0.2) is 12.4 Å². The maximum absolute atomic E-state index is 9.79. The van der Waals surface area contributed by atoms with Crippen molar-refractivity contribution in [1.82, 2.24) is 4.98 Å². The molecule has 2 aromatic rings. The third-order valence-corrected chi connectivity index (χ3v) is 2.56. The van der Waals surface area contributed by atoms with Crippen LogP contribution in [0.5, 0.6) is 5.88 Å². The molecule has 4 heteroatoms. The fourth-order valence-electron chi connectivity index (χ4n) is 1.89. The van der Waals surface area contributed by atoms with Crippen LogP contribution in [0.4, 0.5) is 5.69 Å². The van der Waals surface area contributed by atoms with Crippen molar-refractivity contribution >= 4 is 22.8 Å². The summed E-state index contributed by atoms with van der Waals surface area (Å²) < 4.78 is 1.92. The smallest absolute Gasteiger partial charge is 0.621 e. The van der Waals surface area contributed by atoms with Gasteiger partial charge in [0.1, 0.15) is 0 Å². The molecule has 0 fully saturated rings. The summed E-state index contributed by atoms with van der Waals surface area (Å²) >= 11 is 0. The molecular formula is C12H10N2ORb+. The van der Waals surface area contributed by atoms with E-state index in [-0.39, 0.29) is 64.1 Å². The number of benzene rings is 1. The van der Waals surface area contributed by atoms with Gasteiger partial charge >= 0.3 is 58.2 Å². The van der Waals surface area contributed by atoms with Crippen molar-refractivity contribution in [2.24, 2.45) is 0 Å². The van der Waals surface area contributed by atoms with Crippen molar-refractivity contribution in [2.45, 2.75) is 6.42 Å². The van der Waals surface area contributed by atoms with Crippen LogP contribution in [0.15, 0.2) is 36.5 Å². The number of nitrogens with zero attached hydrogens (tertiary/aromatic N) is 2. The molecule has 0 saturated carbocycles. The Morgan fingerprint density at radius 2 is 2.06 bits per heavy atom. The van der Waals surface area contributed by atoms with Crippen molar-refractivity contribution in [3.8, 4) is 5.88 Å². The summed E-state index contributed by atoms with van der Waals surface area (Å²) in [6, 6.07) is 7.74. The number of aromatic hydroxyl groups is 1. The number of fused-ring (bicyclic) bond motifs is 1. The van der Waals surface area contributed by atoms with Gasteiger partial charge in [0, 0.05) is 11.8 Å². The Morgan fingerprint density at radius 3 is 2.81 bits per heavy atom. The van der Waals surface area contributed by atoms with Gasteiger partial charge in [-0.3, -0.25) is 0 Å². The van der Waals surface area contributed by atoms with Crippen LogP contribution >= 0.6 is 0 Å². The van der Waals surface area contributed by atoms with E-state index in [1.54, 1.807) is 0 Å². The Bertz CT molecular complexity index is 584. The molecule has 0 saturated heterocycles. The topological polar surface area (TPSA) is 37.3 Å². The Morgan fingerprint density at radius 1 is 1.25 bits per heavy atom. The first kappa shape index (κ1) is 12.2. The number of allylic oxidation sites excluding steroid dienone is 1. The van der Waals surface area contributed by atoms with E-state index in [9.17, 15) is 5.11 Å². The average molecular weight is 284 g/mol. The van der Waals surface area contributed by atoms with E-state index in [0.717, 1.165) is 23.0 Å². The zero-order chi connectivity index (χ0) is 10.3. The third-order valence-electron chi connectivity index (χ3n) is 2.56. The van der Waals surface area contributed by atoms with Crippen molar-refractivity contribution < 1.29 is 67.9 Å². The van der Waals surface area contributed by atoms with Gasteiger partial charge in [0.2, 0.25) is 5.69 Å². The van der Waals surface area contributed by atoms with E-state index in [4.69, 9.17) is 0 Å². The van der Waals surface area contributed by atoms with Crippen LogP contribution in [0.3, 0.4) is 0 Å². The zero-order valence-electron chi connectivity index (χ0n) is 9.09. The molecule has 74 valence electrons. The largest absolute Gasteiger partial charge is 1.00 e. The Kier molecular flexibility index (Phi) is 3.79. The second-order valence-electron chi connectivity index (χ2n) is 3.51. The Hall–Kier alpha value is -0.225. The summed E-state index contributed by atoms with van der Waals surface area (Å²) in [5.74, 6) is 0.0963. The van der Waals surface area contributed by atoms with E-state index in [0.29, 0.717) is 0 Å². The molecule has 0 amide bonds. The van der Waals surface area contributed by atoms with Crippen molar-refractivity contribution in [3.63, 3.8) is 0 Å². The molecule has 2 heterocycles. The van der Waals surface area contributed by atoms with Gasteiger partial charge in [-0.1, -0.05) is 18.2 Å². The molecule has 0 unspecified atom stereocenters. The molecule has 1 aromatic carbocycles. The first-order chi connectivity index (χ1) is 7.36. The van der Waals surface area contributed by atoms with Gasteiger partial charge in [-0.2, -0.15) is 4.58 Å². The second-order valence-corrected chi connectivity index (χ2v) is 3.51. The van der Waals surface area contributed by atoms with E-state index < -0.39 is 0 Å². The van der Waals surface area contributed by atoms with Crippen LogP contribution in [-0.4, -0.2) is 15.9 Å². The van der Waals surface area contributed by atoms with Crippen molar-refractivity contribution in [1.29, 1.82) is 0 Å². The number of para-hydroxylation sites is 1. The second kappa shape index (κ2) is 4.96. The Balaban J connectivity index is 0.000000963. The molecule has 1 aliphatic rings. The molecule has 0 radical (unpaired) electrons. The normalized spacial score (nSPS) is 13.9. The molecular weight excluding hydrogens is 274 g/mol. The van der Waals surface area contributed by atoms with E-state index >= 15 is 0 Å². The predicted molar refractivity (Wildman–Crippen MR) is 58.7 cm³/mol. The minimum absolute atomic E-state index is 0. The van der Waals surface area contributed by atoms with Crippen LogP contribution in [0.1, 0.15) is 6.42 Å². The SMILES string of the molecule is Oc1[n-]c2ccccc2c1[N+]1=CCC=C1.[Rb+]. The predicted octanol–water partition coefficient (Wildman–Crippen LogP) is -0.861. The third kappa shape index (κ3) is 1.97. The molecule has 0 spiro atoms. The van der Waals surface area contributed by atoms with Gasteiger partial charge in [-0.15, -0.1) is 5.52 Å². The summed E-state index contributed by atoms with van der Waals surface area (Å²) in [4.78, 5) is 4.12. The van der Waals surface area contributed by atoms with Crippen LogP contribution in [0, 0.1) is 0 Å². The number of rotatable bonds is 1. The van der Waals surface area contributed by atoms with Gasteiger partial charge in [-0.05, 0) is 12.1 Å². The minimum Gasteiger partial charge on any atom is -0.621 e.